The summed E-state index contributed by atoms with van der Waals surface area (Å²) >= 11 is 0. The van der Waals surface area contributed by atoms with E-state index < -0.39 is 12.1 Å². The van der Waals surface area contributed by atoms with Crippen LogP contribution in [-0.4, -0.2) is 16.5 Å². The molecule has 0 aliphatic carbocycles. The summed E-state index contributed by atoms with van der Waals surface area (Å²) in [6.45, 7) is 1.71. The van der Waals surface area contributed by atoms with Gasteiger partial charge in [-0.25, -0.2) is 4.39 Å². The first-order valence-electron chi connectivity index (χ1n) is 2.40. The van der Waals surface area contributed by atoms with Gasteiger partial charge in [0.15, 0.2) is 5.83 Å². The molecule has 0 saturated heterocycles. The Balaban J connectivity index is 3.61. The van der Waals surface area contributed by atoms with Crippen LogP contribution in [0.5, 0.6) is 0 Å². The van der Waals surface area contributed by atoms with E-state index in [0.29, 0.717) is 6.42 Å². The largest absolute Gasteiger partial charge is 0.363 e. The molecule has 8 heavy (non-hydrogen) atoms. The summed E-state index contributed by atoms with van der Waals surface area (Å²) < 4.78 is 11.9. The van der Waals surface area contributed by atoms with E-state index in [1.165, 1.54) is 0 Å². The highest BCUT2D eigenvalue weighted by Crippen LogP contribution is 2.00. The highest BCUT2D eigenvalue weighted by atomic mass is 19.1. The van der Waals surface area contributed by atoms with Crippen molar-refractivity contribution in [3.05, 3.63) is 11.9 Å². The Morgan fingerprint density at radius 1 is 1.75 bits per heavy atom. The minimum Gasteiger partial charge on any atom is -0.363 e. The Labute approximate surface area is 47.3 Å². The lowest BCUT2D eigenvalue weighted by molar-refractivity contribution is -0.0245. The monoisotopic (exact) mass is 120 g/mol. The van der Waals surface area contributed by atoms with Gasteiger partial charge >= 0.3 is 0 Å². The maximum atomic E-state index is 11.9. The fraction of sp³-hybridized carbons (Fsp3) is 0.600. The fourth-order valence-corrected chi connectivity index (χ4v) is 0.300. The van der Waals surface area contributed by atoms with Crippen molar-refractivity contribution in [3.63, 3.8) is 0 Å². The van der Waals surface area contributed by atoms with Crippen LogP contribution in [0.2, 0.25) is 0 Å². The minimum atomic E-state index is -1.94. The average molecular weight is 120 g/mol. The molecule has 0 aliphatic rings. The molecule has 0 bridgehead atoms. The Bertz CT molecular complexity index is 88.4. The molecule has 2 N–H and O–H groups in total. The predicted molar refractivity (Wildman–Crippen MR) is 27.7 cm³/mol. The van der Waals surface area contributed by atoms with Crippen molar-refractivity contribution in [2.75, 3.05) is 0 Å². The summed E-state index contributed by atoms with van der Waals surface area (Å²) in [4.78, 5) is 0. The molecular formula is C5H9FO2. The second-order valence-corrected chi connectivity index (χ2v) is 1.37. The van der Waals surface area contributed by atoms with Gasteiger partial charge < -0.3 is 10.2 Å². The van der Waals surface area contributed by atoms with E-state index >= 15 is 0 Å². The van der Waals surface area contributed by atoms with Crippen LogP contribution >= 0.6 is 0 Å². The fourth-order valence-electron chi connectivity index (χ4n) is 0.300. The van der Waals surface area contributed by atoms with Crippen molar-refractivity contribution in [1.82, 2.24) is 0 Å². The first kappa shape index (κ1) is 7.59. The number of halogens is 1. The van der Waals surface area contributed by atoms with E-state index in [4.69, 9.17) is 10.2 Å². The highest BCUT2D eigenvalue weighted by molar-refractivity contribution is 4.92. The third kappa shape index (κ3) is 2.71. The zero-order valence-corrected chi connectivity index (χ0v) is 4.63. The molecular weight excluding hydrogens is 111 g/mol. The summed E-state index contributed by atoms with van der Waals surface area (Å²) in [6.07, 6.45) is -0.344. The maximum absolute atomic E-state index is 11.9. The van der Waals surface area contributed by atoms with Crippen LogP contribution < -0.4 is 0 Å². The Morgan fingerprint density at radius 2 is 2.25 bits per heavy atom. The quantitative estimate of drug-likeness (QED) is 0.523. The van der Waals surface area contributed by atoms with E-state index in [9.17, 15) is 4.39 Å². The van der Waals surface area contributed by atoms with Crippen molar-refractivity contribution < 1.29 is 14.6 Å². The lowest BCUT2D eigenvalue weighted by Crippen LogP contribution is -2.03. The molecule has 0 radical (unpaired) electrons. The SMILES string of the molecule is CCC=C(F)C(O)O. The molecule has 2 nitrogen and oxygen atoms in total. The van der Waals surface area contributed by atoms with Gasteiger partial charge in [-0.05, 0) is 12.5 Å². The normalized spacial score (nSPS) is 12.9. The van der Waals surface area contributed by atoms with Crippen LogP contribution in [0.3, 0.4) is 0 Å². The van der Waals surface area contributed by atoms with Crippen LogP contribution in [0.15, 0.2) is 11.9 Å². The first-order chi connectivity index (χ1) is 3.68. The zero-order valence-electron chi connectivity index (χ0n) is 4.63. The number of aliphatic hydroxyl groups is 2. The van der Waals surface area contributed by atoms with E-state index in [0.717, 1.165) is 6.08 Å². The summed E-state index contributed by atoms with van der Waals surface area (Å²) in [7, 11) is 0. The van der Waals surface area contributed by atoms with Crippen LogP contribution in [0.1, 0.15) is 13.3 Å². The van der Waals surface area contributed by atoms with Gasteiger partial charge in [-0.2, -0.15) is 0 Å². The Kier molecular flexibility index (Phi) is 3.39. The molecule has 0 unspecified atom stereocenters. The third-order valence-electron chi connectivity index (χ3n) is 0.646. The zero-order chi connectivity index (χ0) is 6.57. The average Bonchev–Trinajstić information content (AvgIpc) is 1.67. The smallest absolute Gasteiger partial charge is 0.205 e. The lowest BCUT2D eigenvalue weighted by Gasteiger charge is -1.95. The van der Waals surface area contributed by atoms with Crippen LogP contribution in [0.4, 0.5) is 4.39 Å². The van der Waals surface area contributed by atoms with Gasteiger partial charge in [-0.3, -0.25) is 0 Å². The number of hydrogen-bond acceptors (Lipinski definition) is 2. The van der Waals surface area contributed by atoms with Crippen molar-refractivity contribution in [2.45, 2.75) is 19.6 Å². The second-order valence-electron chi connectivity index (χ2n) is 1.37. The molecule has 0 atom stereocenters. The predicted octanol–water partition coefficient (Wildman–Crippen LogP) is 0.560. The van der Waals surface area contributed by atoms with Crippen LogP contribution in [-0.2, 0) is 0 Å². The van der Waals surface area contributed by atoms with Gasteiger partial charge in [0.25, 0.3) is 0 Å². The molecule has 0 aromatic carbocycles. The molecule has 0 aromatic heterocycles. The van der Waals surface area contributed by atoms with Gasteiger partial charge in [-0.1, -0.05) is 6.92 Å². The number of allylic oxidation sites excluding steroid dienone is 1. The standard InChI is InChI=1S/C5H9FO2/c1-2-3-4(6)5(7)8/h3,5,7-8H,2H2,1H3. The molecule has 0 aliphatic heterocycles. The summed E-state index contributed by atoms with van der Waals surface area (Å²) in [5, 5.41) is 16.1. The first-order valence-corrected chi connectivity index (χ1v) is 2.40. The maximum Gasteiger partial charge on any atom is 0.205 e. The number of rotatable bonds is 2. The molecule has 0 spiro atoms. The van der Waals surface area contributed by atoms with Crippen LogP contribution in [0.25, 0.3) is 0 Å². The molecule has 0 heterocycles. The molecule has 0 amide bonds. The molecule has 3 heteroatoms. The van der Waals surface area contributed by atoms with Crippen molar-refractivity contribution in [1.29, 1.82) is 0 Å². The van der Waals surface area contributed by atoms with Crippen LogP contribution in [0, 0.1) is 0 Å². The third-order valence-corrected chi connectivity index (χ3v) is 0.646. The molecule has 0 aromatic rings. The number of hydrogen-bond donors (Lipinski definition) is 2. The van der Waals surface area contributed by atoms with Gasteiger partial charge in [-0.15, -0.1) is 0 Å². The Morgan fingerprint density at radius 3 is 2.38 bits per heavy atom. The van der Waals surface area contributed by atoms with Gasteiger partial charge in [0.05, 0.1) is 0 Å². The van der Waals surface area contributed by atoms with Gasteiger partial charge in [0.2, 0.25) is 6.29 Å². The van der Waals surface area contributed by atoms with Crippen molar-refractivity contribution in [2.24, 2.45) is 0 Å². The molecule has 0 saturated carbocycles. The summed E-state index contributed by atoms with van der Waals surface area (Å²) in [5.41, 5.74) is 0. The highest BCUT2D eigenvalue weighted by Gasteiger charge is 2.01. The minimum absolute atomic E-state index is 0.476. The summed E-state index contributed by atoms with van der Waals surface area (Å²) in [6, 6.07) is 0. The molecule has 0 fully saturated rings. The Hall–Kier alpha value is -0.410. The van der Waals surface area contributed by atoms with Crippen molar-refractivity contribution >= 4 is 0 Å². The lowest BCUT2D eigenvalue weighted by atomic mass is 10.4. The summed E-state index contributed by atoms with van der Waals surface area (Å²) in [5.74, 6) is -0.882. The number of aliphatic hydroxyl groups excluding tert-OH is 1. The van der Waals surface area contributed by atoms with E-state index in [1.807, 2.05) is 0 Å². The van der Waals surface area contributed by atoms with E-state index in [-0.39, 0.29) is 0 Å². The van der Waals surface area contributed by atoms with Gasteiger partial charge in [0, 0.05) is 0 Å². The van der Waals surface area contributed by atoms with E-state index in [1.54, 1.807) is 6.92 Å². The van der Waals surface area contributed by atoms with E-state index in [2.05, 4.69) is 0 Å². The molecule has 48 valence electrons. The second kappa shape index (κ2) is 3.57. The molecule has 0 rings (SSSR count). The van der Waals surface area contributed by atoms with Gasteiger partial charge in [0.1, 0.15) is 0 Å². The van der Waals surface area contributed by atoms with Crippen molar-refractivity contribution in [3.8, 4) is 0 Å². The topological polar surface area (TPSA) is 40.5 Å².